The highest BCUT2D eigenvalue weighted by Crippen LogP contribution is 2.23. The summed E-state index contributed by atoms with van der Waals surface area (Å²) in [6.45, 7) is 9.03. The van der Waals surface area contributed by atoms with E-state index < -0.39 is 5.54 Å². The van der Waals surface area contributed by atoms with Crippen molar-refractivity contribution >= 4 is 46.7 Å². The molecule has 1 aromatic carbocycles. The van der Waals surface area contributed by atoms with E-state index >= 15 is 0 Å². The normalized spacial score (nSPS) is 17.0. The minimum atomic E-state index is -0.778. The Balaban J connectivity index is 0.00000242. The van der Waals surface area contributed by atoms with E-state index in [-0.39, 0.29) is 30.7 Å². The Labute approximate surface area is 159 Å². The average Bonchev–Trinajstić information content (AvgIpc) is 2.46. The fourth-order valence-electron chi connectivity index (χ4n) is 2.67. The van der Waals surface area contributed by atoms with E-state index in [9.17, 15) is 4.79 Å². The minimum absolute atomic E-state index is 0. The van der Waals surface area contributed by atoms with Crippen LogP contribution in [-0.4, -0.2) is 47.4 Å². The zero-order valence-corrected chi connectivity index (χ0v) is 17.0. The Kier molecular flexibility index (Phi) is 9.10. The van der Waals surface area contributed by atoms with E-state index in [1.165, 1.54) is 5.56 Å². The van der Waals surface area contributed by atoms with Gasteiger partial charge in [-0.15, -0.1) is 24.8 Å². The predicted molar refractivity (Wildman–Crippen MR) is 103 cm³/mol. The van der Waals surface area contributed by atoms with Gasteiger partial charge in [0.25, 0.3) is 0 Å². The van der Waals surface area contributed by atoms with E-state index in [0.717, 1.165) is 30.7 Å². The molecular weight excluding hydrogens is 401 g/mol. The molecule has 0 bridgehead atoms. The van der Waals surface area contributed by atoms with Crippen LogP contribution in [0.1, 0.15) is 32.4 Å². The number of rotatable bonds is 3. The number of benzene rings is 1. The minimum Gasteiger partial charge on any atom is -0.339 e. The van der Waals surface area contributed by atoms with Gasteiger partial charge in [0.2, 0.25) is 5.91 Å². The summed E-state index contributed by atoms with van der Waals surface area (Å²) in [5, 5.41) is 0. The van der Waals surface area contributed by atoms with Gasteiger partial charge < -0.3 is 10.6 Å². The number of nitrogens with two attached hydrogens (primary N) is 1. The number of halogens is 3. The van der Waals surface area contributed by atoms with Crippen molar-refractivity contribution in [2.45, 2.75) is 32.4 Å². The molecule has 1 fully saturated rings. The Morgan fingerprint density at radius 3 is 2.04 bits per heavy atom. The first-order valence-electron chi connectivity index (χ1n) is 7.37. The first-order chi connectivity index (χ1) is 9.79. The van der Waals surface area contributed by atoms with Gasteiger partial charge in [-0.2, -0.15) is 0 Å². The summed E-state index contributed by atoms with van der Waals surface area (Å²) in [6.07, 6.45) is 0. The van der Waals surface area contributed by atoms with Crippen LogP contribution >= 0.6 is 40.7 Å². The maximum Gasteiger partial charge on any atom is 0.242 e. The molecule has 1 aromatic rings. The largest absolute Gasteiger partial charge is 0.339 e. The number of hydrogen-bond donors (Lipinski definition) is 1. The average molecular weight is 427 g/mol. The lowest BCUT2D eigenvalue weighted by molar-refractivity contribution is -0.137. The summed E-state index contributed by atoms with van der Waals surface area (Å²) >= 11 is 3.46. The second-order valence-electron chi connectivity index (χ2n) is 6.28. The van der Waals surface area contributed by atoms with E-state index in [4.69, 9.17) is 5.73 Å². The van der Waals surface area contributed by atoms with Gasteiger partial charge in [-0.1, -0.05) is 28.1 Å². The molecule has 0 saturated carbocycles. The van der Waals surface area contributed by atoms with Crippen molar-refractivity contribution < 1.29 is 4.79 Å². The van der Waals surface area contributed by atoms with Gasteiger partial charge in [-0.25, -0.2) is 0 Å². The molecule has 0 aromatic heterocycles. The topological polar surface area (TPSA) is 49.6 Å². The van der Waals surface area contributed by atoms with Crippen LogP contribution in [0.25, 0.3) is 0 Å². The van der Waals surface area contributed by atoms with E-state index in [1.54, 1.807) is 13.8 Å². The Hall–Kier alpha value is -0.330. The lowest BCUT2D eigenvalue weighted by Gasteiger charge is -2.40. The van der Waals surface area contributed by atoms with Crippen molar-refractivity contribution in [2.24, 2.45) is 5.73 Å². The lowest BCUT2D eigenvalue weighted by Crippen LogP contribution is -2.57. The molecule has 1 saturated heterocycles. The van der Waals surface area contributed by atoms with Crippen molar-refractivity contribution in [3.63, 3.8) is 0 Å². The van der Waals surface area contributed by atoms with Crippen LogP contribution in [0.15, 0.2) is 28.7 Å². The van der Waals surface area contributed by atoms with Crippen LogP contribution in [0.5, 0.6) is 0 Å². The van der Waals surface area contributed by atoms with Gasteiger partial charge in [0.05, 0.1) is 5.54 Å². The van der Waals surface area contributed by atoms with Gasteiger partial charge >= 0.3 is 0 Å². The lowest BCUT2D eigenvalue weighted by atomic mass is 10.0. The van der Waals surface area contributed by atoms with Gasteiger partial charge in [-0.05, 0) is 38.5 Å². The van der Waals surface area contributed by atoms with Crippen LogP contribution < -0.4 is 5.73 Å². The molecule has 7 heteroatoms. The van der Waals surface area contributed by atoms with Gasteiger partial charge in [0.1, 0.15) is 0 Å². The Morgan fingerprint density at radius 2 is 1.61 bits per heavy atom. The van der Waals surface area contributed by atoms with Crippen LogP contribution in [0, 0.1) is 0 Å². The fourth-order valence-corrected chi connectivity index (χ4v) is 2.94. The molecule has 0 aliphatic carbocycles. The van der Waals surface area contributed by atoms with Crippen LogP contribution in [-0.2, 0) is 4.79 Å². The molecule has 1 heterocycles. The summed E-state index contributed by atoms with van der Waals surface area (Å²) in [5.41, 5.74) is 6.42. The Morgan fingerprint density at radius 1 is 1.13 bits per heavy atom. The summed E-state index contributed by atoms with van der Waals surface area (Å²) < 4.78 is 1.10. The third-order valence-corrected chi connectivity index (χ3v) is 4.58. The molecule has 132 valence electrons. The van der Waals surface area contributed by atoms with Crippen LogP contribution in [0.3, 0.4) is 0 Å². The number of amides is 1. The SMILES string of the molecule is CC(c1ccc(Br)cc1)N1CCN(C(=O)C(C)(C)N)CC1.Cl.Cl. The van der Waals surface area contributed by atoms with Crippen LogP contribution in [0.4, 0.5) is 0 Å². The maximum absolute atomic E-state index is 12.2. The molecule has 1 aliphatic heterocycles. The molecule has 23 heavy (non-hydrogen) atoms. The highest BCUT2D eigenvalue weighted by Gasteiger charge is 2.31. The van der Waals surface area contributed by atoms with Crippen molar-refractivity contribution in [3.05, 3.63) is 34.3 Å². The number of hydrogen-bond acceptors (Lipinski definition) is 3. The highest BCUT2D eigenvalue weighted by molar-refractivity contribution is 9.10. The molecule has 1 unspecified atom stereocenters. The van der Waals surface area contributed by atoms with E-state index in [0.29, 0.717) is 6.04 Å². The third kappa shape index (κ3) is 5.91. The standard InChI is InChI=1S/C16H24BrN3O.2ClH/c1-12(13-4-6-14(17)7-5-13)19-8-10-20(11-9-19)15(21)16(2,3)18;;/h4-7,12H,8-11,18H2,1-3H3;2*1H. The molecule has 4 nitrogen and oxygen atoms in total. The van der Waals surface area contributed by atoms with Crippen molar-refractivity contribution in [2.75, 3.05) is 26.2 Å². The second-order valence-corrected chi connectivity index (χ2v) is 7.19. The molecule has 1 amide bonds. The smallest absolute Gasteiger partial charge is 0.242 e. The molecule has 2 N–H and O–H groups in total. The van der Waals surface area contributed by atoms with Crippen molar-refractivity contribution in [3.8, 4) is 0 Å². The predicted octanol–water partition coefficient (Wildman–Crippen LogP) is 3.24. The molecular formula is C16H26BrCl2N3O. The number of carbonyl (C=O) groups excluding carboxylic acids is 1. The number of carbonyl (C=O) groups is 1. The maximum atomic E-state index is 12.2. The summed E-state index contributed by atoms with van der Waals surface area (Å²) in [6, 6.07) is 8.80. The molecule has 1 atom stereocenters. The van der Waals surface area contributed by atoms with Gasteiger partial charge in [-0.3, -0.25) is 9.69 Å². The number of piperazine rings is 1. The summed E-state index contributed by atoms with van der Waals surface area (Å²) in [7, 11) is 0. The fraction of sp³-hybridized carbons (Fsp3) is 0.562. The zero-order chi connectivity index (χ0) is 15.6. The Bertz CT molecular complexity index is 497. The van der Waals surface area contributed by atoms with Gasteiger partial charge in [0, 0.05) is 36.7 Å². The second kappa shape index (κ2) is 9.23. The van der Waals surface area contributed by atoms with Crippen LogP contribution in [0.2, 0.25) is 0 Å². The first kappa shape index (κ1) is 22.7. The summed E-state index contributed by atoms with van der Waals surface area (Å²) in [4.78, 5) is 16.5. The highest BCUT2D eigenvalue weighted by atomic mass is 79.9. The van der Waals surface area contributed by atoms with Gasteiger partial charge in [0.15, 0.2) is 0 Å². The molecule has 0 spiro atoms. The molecule has 0 radical (unpaired) electrons. The number of nitrogens with zero attached hydrogens (tertiary/aromatic N) is 2. The van der Waals surface area contributed by atoms with E-state index in [2.05, 4.69) is 52.0 Å². The van der Waals surface area contributed by atoms with E-state index in [1.807, 2.05) is 4.90 Å². The molecule has 2 rings (SSSR count). The van der Waals surface area contributed by atoms with Crippen molar-refractivity contribution in [1.29, 1.82) is 0 Å². The monoisotopic (exact) mass is 425 g/mol. The molecule has 1 aliphatic rings. The van der Waals surface area contributed by atoms with Crippen molar-refractivity contribution in [1.82, 2.24) is 9.80 Å². The third-order valence-electron chi connectivity index (χ3n) is 4.05. The zero-order valence-electron chi connectivity index (χ0n) is 13.8. The first-order valence-corrected chi connectivity index (χ1v) is 8.16. The quantitative estimate of drug-likeness (QED) is 0.806. The summed E-state index contributed by atoms with van der Waals surface area (Å²) in [5.74, 6) is 0.0402.